The summed E-state index contributed by atoms with van der Waals surface area (Å²) in [5.41, 5.74) is 2.23. The summed E-state index contributed by atoms with van der Waals surface area (Å²) in [6.45, 7) is 6.39. The van der Waals surface area contributed by atoms with Crippen LogP contribution in [0.5, 0.6) is 17.2 Å². The predicted molar refractivity (Wildman–Crippen MR) is 93.7 cm³/mol. The molecule has 2 aromatic rings. The van der Waals surface area contributed by atoms with E-state index in [1.54, 1.807) is 31.2 Å². The largest absolute Gasteiger partial charge is 0.494 e. The maximum absolute atomic E-state index is 12.7. The van der Waals surface area contributed by atoms with Crippen LogP contribution < -0.4 is 18.9 Å². The number of rotatable bonds is 6. The van der Waals surface area contributed by atoms with E-state index in [-0.39, 0.29) is 18.2 Å². The highest BCUT2D eigenvalue weighted by molar-refractivity contribution is 7.89. The normalized spacial score (nSPS) is 13.1. The highest BCUT2D eigenvalue weighted by Crippen LogP contribution is 2.32. The molecule has 0 aliphatic carbocycles. The van der Waals surface area contributed by atoms with Crippen molar-refractivity contribution in [2.24, 2.45) is 0 Å². The lowest BCUT2D eigenvalue weighted by Gasteiger charge is -2.14. The number of ether oxygens (including phenoxy) is 3. The predicted octanol–water partition coefficient (Wildman–Crippen LogP) is 2.91. The van der Waals surface area contributed by atoms with E-state index in [0.717, 1.165) is 11.1 Å². The molecule has 0 spiro atoms. The van der Waals surface area contributed by atoms with Crippen molar-refractivity contribution in [3.63, 3.8) is 0 Å². The maximum Gasteiger partial charge on any atom is 0.241 e. The van der Waals surface area contributed by atoms with Gasteiger partial charge in [0.05, 0.1) is 11.5 Å². The smallest absolute Gasteiger partial charge is 0.241 e. The number of fused-ring (bicyclic) bond motifs is 1. The number of nitrogens with one attached hydrogen (secondary N) is 1. The molecular weight excluding hydrogens is 342 g/mol. The zero-order valence-electron chi connectivity index (χ0n) is 14.5. The molecule has 0 fully saturated rings. The van der Waals surface area contributed by atoms with Crippen molar-refractivity contribution in [3.05, 3.63) is 47.0 Å². The summed E-state index contributed by atoms with van der Waals surface area (Å²) in [7, 11) is -3.64. The second-order valence-corrected chi connectivity index (χ2v) is 7.56. The van der Waals surface area contributed by atoms with Crippen LogP contribution in [0.1, 0.15) is 23.6 Å². The average Bonchev–Trinajstić information content (AvgIpc) is 3.04. The molecule has 1 aliphatic rings. The summed E-state index contributed by atoms with van der Waals surface area (Å²) < 4.78 is 44.1. The summed E-state index contributed by atoms with van der Waals surface area (Å²) in [4.78, 5) is 0.259. The quantitative estimate of drug-likeness (QED) is 0.854. The Morgan fingerprint density at radius 1 is 1.08 bits per heavy atom. The molecule has 2 aromatic carbocycles. The molecule has 0 unspecified atom stereocenters. The first-order valence-corrected chi connectivity index (χ1v) is 9.51. The lowest BCUT2D eigenvalue weighted by atomic mass is 10.1. The van der Waals surface area contributed by atoms with Gasteiger partial charge in [0.2, 0.25) is 16.8 Å². The van der Waals surface area contributed by atoms with Gasteiger partial charge in [-0.3, -0.25) is 0 Å². The molecule has 0 atom stereocenters. The summed E-state index contributed by atoms with van der Waals surface area (Å²) in [5, 5.41) is 0. The van der Waals surface area contributed by atoms with E-state index in [9.17, 15) is 8.42 Å². The first-order chi connectivity index (χ1) is 11.9. The molecule has 25 heavy (non-hydrogen) atoms. The minimum Gasteiger partial charge on any atom is -0.494 e. The van der Waals surface area contributed by atoms with E-state index in [2.05, 4.69) is 4.72 Å². The highest BCUT2D eigenvalue weighted by atomic mass is 32.2. The third-order valence-corrected chi connectivity index (χ3v) is 5.51. The van der Waals surface area contributed by atoms with Gasteiger partial charge >= 0.3 is 0 Å². The number of aryl methyl sites for hydroxylation is 2. The fraction of sp³-hybridized carbons (Fsp3) is 0.333. The minimum absolute atomic E-state index is 0.171. The molecule has 0 aromatic heterocycles. The SMILES string of the molecule is CCOc1cc(C)c(S(=O)(=O)NCc2ccc3c(c2)OCO3)cc1C. The summed E-state index contributed by atoms with van der Waals surface area (Å²) in [6.07, 6.45) is 0. The molecule has 7 heteroatoms. The standard InChI is InChI=1S/C18H21NO5S/c1-4-22-16-7-13(3)18(8-12(16)2)25(20,21)19-10-14-5-6-15-17(9-14)24-11-23-15/h5-9,19H,4,10-11H2,1-3H3. The van der Waals surface area contributed by atoms with E-state index >= 15 is 0 Å². The molecule has 1 aliphatic heterocycles. The van der Waals surface area contributed by atoms with Crippen molar-refractivity contribution in [3.8, 4) is 17.2 Å². The molecule has 0 amide bonds. The molecule has 0 saturated carbocycles. The molecule has 1 N–H and O–H groups in total. The van der Waals surface area contributed by atoms with E-state index in [0.29, 0.717) is 29.4 Å². The first-order valence-electron chi connectivity index (χ1n) is 8.03. The van der Waals surface area contributed by atoms with Gasteiger partial charge in [-0.1, -0.05) is 6.07 Å². The Labute approximate surface area is 147 Å². The Morgan fingerprint density at radius 2 is 1.84 bits per heavy atom. The maximum atomic E-state index is 12.7. The van der Waals surface area contributed by atoms with Crippen molar-refractivity contribution in [1.29, 1.82) is 0 Å². The summed E-state index contributed by atoms with van der Waals surface area (Å²) >= 11 is 0. The molecule has 1 heterocycles. The van der Waals surface area contributed by atoms with Crippen molar-refractivity contribution >= 4 is 10.0 Å². The summed E-state index contributed by atoms with van der Waals surface area (Å²) in [6, 6.07) is 8.77. The van der Waals surface area contributed by atoms with Crippen molar-refractivity contribution in [1.82, 2.24) is 4.72 Å². The van der Waals surface area contributed by atoms with Crippen LogP contribution in [-0.4, -0.2) is 21.8 Å². The van der Waals surface area contributed by atoms with Gasteiger partial charge in [0.15, 0.2) is 11.5 Å². The Balaban J connectivity index is 1.79. The third kappa shape index (κ3) is 3.72. The molecule has 6 nitrogen and oxygen atoms in total. The molecule has 0 radical (unpaired) electrons. The van der Waals surface area contributed by atoms with Gasteiger partial charge in [-0.25, -0.2) is 13.1 Å². The highest BCUT2D eigenvalue weighted by Gasteiger charge is 2.19. The number of sulfonamides is 1. The van der Waals surface area contributed by atoms with E-state index in [1.807, 2.05) is 19.9 Å². The Morgan fingerprint density at radius 3 is 2.60 bits per heavy atom. The van der Waals surface area contributed by atoms with Gasteiger partial charge in [-0.05, 0) is 61.7 Å². The van der Waals surface area contributed by atoms with Crippen LogP contribution in [0.3, 0.4) is 0 Å². The van der Waals surface area contributed by atoms with Gasteiger partial charge in [0.25, 0.3) is 0 Å². The number of hydrogen-bond donors (Lipinski definition) is 1. The zero-order valence-corrected chi connectivity index (χ0v) is 15.3. The Hall–Kier alpha value is -2.25. The van der Waals surface area contributed by atoms with Gasteiger partial charge in [-0.2, -0.15) is 0 Å². The second kappa shape index (κ2) is 6.93. The molecule has 134 valence electrons. The van der Waals surface area contributed by atoms with Crippen LogP contribution in [0.15, 0.2) is 35.2 Å². The van der Waals surface area contributed by atoms with Gasteiger partial charge in [0, 0.05) is 6.54 Å². The zero-order chi connectivity index (χ0) is 18.0. The van der Waals surface area contributed by atoms with Crippen LogP contribution in [0.4, 0.5) is 0 Å². The van der Waals surface area contributed by atoms with Crippen LogP contribution in [-0.2, 0) is 16.6 Å². The van der Waals surface area contributed by atoms with E-state index in [4.69, 9.17) is 14.2 Å². The van der Waals surface area contributed by atoms with Crippen molar-refractivity contribution in [2.75, 3.05) is 13.4 Å². The fourth-order valence-electron chi connectivity index (χ4n) is 2.67. The molecular formula is C18H21NO5S. The van der Waals surface area contributed by atoms with Gasteiger partial charge < -0.3 is 14.2 Å². The van der Waals surface area contributed by atoms with Crippen molar-refractivity contribution in [2.45, 2.75) is 32.2 Å². The topological polar surface area (TPSA) is 73.9 Å². The Kier molecular flexibility index (Phi) is 4.87. The van der Waals surface area contributed by atoms with Crippen LogP contribution in [0, 0.1) is 13.8 Å². The number of hydrogen-bond acceptors (Lipinski definition) is 5. The fourth-order valence-corrected chi connectivity index (χ4v) is 4.00. The molecule has 3 rings (SSSR count). The van der Waals surface area contributed by atoms with Crippen LogP contribution in [0.2, 0.25) is 0 Å². The Bertz CT molecular complexity index is 893. The second-order valence-electron chi connectivity index (χ2n) is 5.83. The average molecular weight is 363 g/mol. The monoisotopic (exact) mass is 363 g/mol. The van der Waals surface area contributed by atoms with Crippen LogP contribution >= 0.6 is 0 Å². The minimum atomic E-state index is -3.64. The molecule has 0 bridgehead atoms. The summed E-state index contributed by atoms with van der Waals surface area (Å²) in [5.74, 6) is 2.00. The third-order valence-electron chi connectivity index (χ3n) is 3.97. The lowest BCUT2D eigenvalue weighted by Crippen LogP contribution is -2.24. The molecule has 0 saturated heterocycles. The number of benzene rings is 2. The van der Waals surface area contributed by atoms with E-state index < -0.39 is 10.0 Å². The van der Waals surface area contributed by atoms with Crippen molar-refractivity contribution < 1.29 is 22.6 Å². The van der Waals surface area contributed by atoms with Gasteiger partial charge in [-0.15, -0.1) is 0 Å². The van der Waals surface area contributed by atoms with Crippen LogP contribution in [0.25, 0.3) is 0 Å². The van der Waals surface area contributed by atoms with Gasteiger partial charge in [0.1, 0.15) is 5.75 Å². The van der Waals surface area contributed by atoms with E-state index in [1.165, 1.54) is 0 Å². The first kappa shape index (κ1) is 17.6. The lowest BCUT2D eigenvalue weighted by molar-refractivity contribution is 0.174.